The number of amides is 1. The first kappa shape index (κ1) is 18.5. The summed E-state index contributed by atoms with van der Waals surface area (Å²) in [6.45, 7) is 0.302. The molecular weight excluding hydrogens is 384 g/mol. The minimum Gasteiger partial charge on any atom is -0.494 e. The fraction of sp³-hybridized carbons (Fsp3) is 0.429. The number of carbonyl (C=O) groups excluding carboxylic acids is 1. The second kappa shape index (κ2) is 6.78. The number of nitrogens with one attached hydrogen (secondary N) is 1. The van der Waals surface area contributed by atoms with E-state index >= 15 is 0 Å². The summed E-state index contributed by atoms with van der Waals surface area (Å²) in [5, 5.41) is 13.8. The third-order valence-corrected chi connectivity index (χ3v) is 6.24. The number of sulfonamides is 1. The molecule has 1 amide bonds. The van der Waals surface area contributed by atoms with Crippen molar-refractivity contribution in [2.75, 3.05) is 25.2 Å². The number of methoxy groups -OCH3 is 1. The normalized spacial score (nSPS) is 18.2. The van der Waals surface area contributed by atoms with Crippen LogP contribution in [0.15, 0.2) is 12.1 Å². The monoisotopic (exact) mass is 400 g/mol. The van der Waals surface area contributed by atoms with Gasteiger partial charge in [0, 0.05) is 12.6 Å². The first-order valence-corrected chi connectivity index (χ1v) is 10.3. The van der Waals surface area contributed by atoms with E-state index in [-0.39, 0.29) is 16.6 Å². The number of rotatable bonds is 5. The molecular formula is C14H16N4O6S2. The number of nitro benzene ring substituents is 1. The molecule has 1 aromatic heterocycles. The van der Waals surface area contributed by atoms with E-state index in [0.29, 0.717) is 29.6 Å². The molecule has 0 aliphatic carbocycles. The molecule has 1 aliphatic rings. The molecule has 10 nitrogen and oxygen atoms in total. The number of carbonyl (C=O) groups is 1. The van der Waals surface area contributed by atoms with E-state index in [9.17, 15) is 23.3 Å². The van der Waals surface area contributed by atoms with Gasteiger partial charge in [0.1, 0.15) is 11.6 Å². The van der Waals surface area contributed by atoms with E-state index in [4.69, 9.17) is 4.74 Å². The molecule has 1 aromatic carbocycles. The highest BCUT2D eigenvalue weighted by Gasteiger charge is 2.36. The van der Waals surface area contributed by atoms with E-state index < -0.39 is 26.9 Å². The van der Waals surface area contributed by atoms with E-state index in [2.05, 4.69) is 10.3 Å². The van der Waals surface area contributed by atoms with Crippen LogP contribution in [0.3, 0.4) is 0 Å². The lowest BCUT2D eigenvalue weighted by molar-refractivity contribution is -0.384. The van der Waals surface area contributed by atoms with Gasteiger partial charge in [-0.3, -0.25) is 14.9 Å². The van der Waals surface area contributed by atoms with Gasteiger partial charge in [-0.05, 0) is 12.8 Å². The van der Waals surface area contributed by atoms with Crippen LogP contribution in [0, 0.1) is 10.1 Å². The van der Waals surface area contributed by atoms with E-state index in [0.717, 1.165) is 17.6 Å². The van der Waals surface area contributed by atoms with Gasteiger partial charge in [-0.2, -0.15) is 4.31 Å². The number of thiazole rings is 1. The number of fused-ring (bicyclic) bond motifs is 1. The van der Waals surface area contributed by atoms with Gasteiger partial charge in [0.25, 0.3) is 5.69 Å². The Morgan fingerprint density at radius 2 is 2.23 bits per heavy atom. The largest absolute Gasteiger partial charge is 0.494 e. The Morgan fingerprint density at radius 1 is 1.50 bits per heavy atom. The second-order valence-electron chi connectivity index (χ2n) is 5.79. The lowest BCUT2D eigenvalue weighted by Crippen LogP contribution is -2.42. The minimum absolute atomic E-state index is 0.144. The second-order valence-corrected chi connectivity index (χ2v) is 8.76. The van der Waals surface area contributed by atoms with Gasteiger partial charge in [0.05, 0.1) is 29.1 Å². The van der Waals surface area contributed by atoms with Crippen LogP contribution in [-0.4, -0.2) is 54.5 Å². The highest BCUT2D eigenvalue weighted by Crippen LogP contribution is 2.36. The van der Waals surface area contributed by atoms with E-state index in [1.165, 1.54) is 23.5 Å². The van der Waals surface area contributed by atoms with Crippen LogP contribution in [0.5, 0.6) is 5.75 Å². The number of hydrogen-bond donors (Lipinski definition) is 1. The van der Waals surface area contributed by atoms with Gasteiger partial charge in [-0.15, -0.1) is 0 Å². The van der Waals surface area contributed by atoms with Crippen LogP contribution in [-0.2, 0) is 14.8 Å². The fourth-order valence-corrected chi connectivity index (χ4v) is 4.93. The molecule has 1 saturated heterocycles. The minimum atomic E-state index is -3.48. The molecule has 12 heteroatoms. The number of nitro groups is 1. The molecule has 140 valence electrons. The molecule has 0 spiro atoms. The van der Waals surface area contributed by atoms with E-state index in [1.54, 1.807) is 0 Å². The standard InChI is InChI=1S/C14H16N4O6S2/c1-24-10-6-8(18(20)21)7-11-12(10)15-14(25-11)16-13(19)9-4-3-5-17(9)26(2,22)23/h6-7,9H,3-5H2,1-2H3,(H,15,16,19). The number of hydrogen-bond acceptors (Lipinski definition) is 8. The Morgan fingerprint density at radius 3 is 2.85 bits per heavy atom. The highest BCUT2D eigenvalue weighted by molar-refractivity contribution is 7.88. The van der Waals surface area contributed by atoms with Gasteiger partial charge >= 0.3 is 0 Å². The molecule has 1 atom stereocenters. The van der Waals surface area contributed by atoms with Crippen LogP contribution >= 0.6 is 11.3 Å². The summed E-state index contributed by atoms with van der Waals surface area (Å²) in [4.78, 5) is 27.2. The summed E-state index contributed by atoms with van der Waals surface area (Å²) >= 11 is 1.06. The van der Waals surface area contributed by atoms with Gasteiger partial charge in [-0.1, -0.05) is 11.3 Å². The smallest absolute Gasteiger partial charge is 0.274 e. The quantitative estimate of drug-likeness (QED) is 0.595. The zero-order chi connectivity index (χ0) is 19.1. The number of anilines is 1. The molecule has 1 aliphatic heterocycles. The van der Waals surface area contributed by atoms with Crippen molar-refractivity contribution in [3.05, 3.63) is 22.2 Å². The van der Waals surface area contributed by atoms with Gasteiger partial charge in [0.15, 0.2) is 10.9 Å². The number of nitrogens with zero attached hydrogens (tertiary/aromatic N) is 3. The lowest BCUT2D eigenvalue weighted by atomic mass is 10.2. The Bertz CT molecular complexity index is 987. The summed E-state index contributed by atoms with van der Waals surface area (Å²) in [6, 6.07) is 1.83. The maximum absolute atomic E-state index is 12.5. The average Bonchev–Trinajstić information content (AvgIpc) is 3.19. The molecule has 2 heterocycles. The lowest BCUT2D eigenvalue weighted by Gasteiger charge is -2.20. The third kappa shape index (κ3) is 3.48. The summed E-state index contributed by atoms with van der Waals surface area (Å²) in [5.41, 5.74) is 0.250. The Balaban J connectivity index is 1.89. The van der Waals surface area contributed by atoms with Crippen molar-refractivity contribution < 1.29 is 22.9 Å². The Kier molecular flexibility index (Phi) is 4.82. The highest BCUT2D eigenvalue weighted by atomic mass is 32.2. The zero-order valence-electron chi connectivity index (χ0n) is 14.0. The fourth-order valence-electron chi connectivity index (χ4n) is 2.89. The maximum atomic E-state index is 12.5. The van der Waals surface area contributed by atoms with E-state index in [1.807, 2.05) is 0 Å². The third-order valence-electron chi connectivity index (χ3n) is 4.04. The van der Waals surface area contributed by atoms with Gasteiger partial charge in [0.2, 0.25) is 15.9 Å². The molecule has 26 heavy (non-hydrogen) atoms. The zero-order valence-corrected chi connectivity index (χ0v) is 15.6. The van der Waals surface area contributed by atoms with Crippen molar-refractivity contribution in [2.45, 2.75) is 18.9 Å². The predicted molar refractivity (Wildman–Crippen MR) is 96.0 cm³/mol. The van der Waals surface area contributed by atoms with Gasteiger partial charge < -0.3 is 10.1 Å². The molecule has 1 fully saturated rings. The predicted octanol–water partition coefficient (Wildman–Crippen LogP) is 1.58. The van der Waals surface area contributed by atoms with Crippen LogP contribution in [0.4, 0.5) is 10.8 Å². The Labute approximate surface area is 153 Å². The number of non-ortho nitro benzene ring substituents is 1. The number of benzene rings is 1. The van der Waals surface area contributed by atoms with Crippen molar-refractivity contribution in [3.63, 3.8) is 0 Å². The molecule has 0 saturated carbocycles. The molecule has 2 aromatic rings. The maximum Gasteiger partial charge on any atom is 0.274 e. The van der Waals surface area contributed by atoms with Crippen molar-refractivity contribution in [1.29, 1.82) is 0 Å². The molecule has 0 radical (unpaired) electrons. The van der Waals surface area contributed by atoms with Crippen molar-refractivity contribution in [1.82, 2.24) is 9.29 Å². The van der Waals surface area contributed by atoms with Crippen molar-refractivity contribution in [2.24, 2.45) is 0 Å². The topological polar surface area (TPSA) is 132 Å². The molecule has 1 N–H and O–H groups in total. The molecule has 3 rings (SSSR count). The van der Waals surface area contributed by atoms with Gasteiger partial charge in [-0.25, -0.2) is 13.4 Å². The van der Waals surface area contributed by atoms with Crippen LogP contribution in [0.25, 0.3) is 10.2 Å². The average molecular weight is 400 g/mol. The summed E-state index contributed by atoms with van der Waals surface area (Å²) in [5.74, 6) is -0.245. The molecule has 1 unspecified atom stereocenters. The summed E-state index contributed by atoms with van der Waals surface area (Å²) in [6.07, 6.45) is 2.10. The SMILES string of the molecule is COc1cc([N+](=O)[O-])cc2sc(NC(=O)C3CCCN3S(C)(=O)=O)nc12. The summed E-state index contributed by atoms with van der Waals surface area (Å²) < 4.78 is 30.3. The summed E-state index contributed by atoms with van der Waals surface area (Å²) in [7, 11) is -2.11. The number of ether oxygens (including phenoxy) is 1. The van der Waals surface area contributed by atoms with Crippen molar-refractivity contribution in [3.8, 4) is 5.75 Å². The Hall–Kier alpha value is -2.31. The molecule has 0 bridgehead atoms. The first-order chi connectivity index (χ1) is 12.2. The van der Waals surface area contributed by atoms with Crippen LogP contribution in [0.1, 0.15) is 12.8 Å². The first-order valence-electron chi connectivity index (χ1n) is 7.61. The van der Waals surface area contributed by atoms with Crippen molar-refractivity contribution >= 4 is 48.3 Å². The van der Waals surface area contributed by atoms with Crippen LogP contribution in [0.2, 0.25) is 0 Å². The number of aromatic nitrogens is 1. The van der Waals surface area contributed by atoms with Crippen LogP contribution < -0.4 is 10.1 Å².